The van der Waals surface area contributed by atoms with Gasteiger partial charge in [-0.05, 0) is 72.6 Å². The minimum Gasteiger partial charge on any atom is -0.323 e. The molecule has 29 heavy (non-hydrogen) atoms. The maximum Gasteiger partial charge on any atom is 0.322 e. The second kappa shape index (κ2) is 6.93. The van der Waals surface area contributed by atoms with E-state index < -0.39 is 21.6 Å². The van der Waals surface area contributed by atoms with Crippen LogP contribution in [0, 0.1) is 5.82 Å². The monoisotopic (exact) mass is 417 g/mol. The zero-order chi connectivity index (χ0) is 20.8. The third-order valence-electron chi connectivity index (χ3n) is 5.80. The van der Waals surface area contributed by atoms with Gasteiger partial charge in [-0.3, -0.25) is 10.1 Å². The Balaban J connectivity index is 1.71. The van der Waals surface area contributed by atoms with E-state index in [9.17, 15) is 22.4 Å². The first-order chi connectivity index (χ1) is 13.7. The predicted octanol–water partition coefficient (Wildman–Crippen LogP) is 2.38. The van der Waals surface area contributed by atoms with Gasteiger partial charge >= 0.3 is 6.03 Å². The van der Waals surface area contributed by atoms with Crippen LogP contribution in [0.4, 0.5) is 9.18 Å². The highest BCUT2D eigenvalue weighted by molar-refractivity contribution is 7.89. The molecule has 7 nitrogen and oxygen atoms in total. The Morgan fingerprint density at radius 1 is 1.03 bits per heavy atom. The molecule has 4 rings (SSSR count). The molecular formula is C20H20FN3O4S. The second-order valence-corrected chi connectivity index (χ2v) is 9.13. The average Bonchev–Trinajstić information content (AvgIpc) is 2.95. The molecule has 1 saturated heterocycles. The lowest BCUT2D eigenvalue weighted by Gasteiger charge is -2.35. The van der Waals surface area contributed by atoms with Gasteiger partial charge in [0.1, 0.15) is 11.4 Å². The summed E-state index contributed by atoms with van der Waals surface area (Å²) in [4.78, 5) is 23.7. The molecular weight excluding hydrogens is 397 g/mol. The van der Waals surface area contributed by atoms with Crippen molar-refractivity contribution in [3.8, 4) is 11.1 Å². The lowest BCUT2D eigenvalue weighted by atomic mass is 9.73. The summed E-state index contributed by atoms with van der Waals surface area (Å²) in [6.45, 7) is 0. The molecule has 2 aromatic carbocycles. The SMILES string of the molecule is NS(=O)(=O)c1ccc(-c2ccc(F)cc2)c(C2CCC3(CC2)NC(=O)NC3=O)c1. The van der Waals surface area contributed by atoms with E-state index in [0.29, 0.717) is 25.7 Å². The van der Waals surface area contributed by atoms with E-state index in [1.807, 2.05) is 0 Å². The minimum absolute atomic E-state index is 0.00515. The number of rotatable bonds is 3. The van der Waals surface area contributed by atoms with Crippen LogP contribution in [0.1, 0.15) is 37.2 Å². The number of carbonyl (C=O) groups is 2. The van der Waals surface area contributed by atoms with Gasteiger partial charge < -0.3 is 5.32 Å². The van der Waals surface area contributed by atoms with Crippen LogP contribution in [0.15, 0.2) is 47.4 Å². The molecule has 1 heterocycles. The normalized spacial score (nSPS) is 24.4. The maximum absolute atomic E-state index is 13.3. The number of primary sulfonamides is 1. The number of sulfonamides is 1. The molecule has 1 aliphatic heterocycles. The molecule has 1 saturated carbocycles. The molecule has 4 N–H and O–H groups in total. The van der Waals surface area contributed by atoms with Crippen LogP contribution in [-0.2, 0) is 14.8 Å². The number of carbonyl (C=O) groups excluding carboxylic acids is 2. The Morgan fingerprint density at radius 3 is 2.24 bits per heavy atom. The van der Waals surface area contributed by atoms with Crippen molar-refractivity contribution in [1.29, 1.82) is 0 Å². The van der Waals surface area contributed by atoms with Crippen molar-refractivity contribution >= 4 is 22.0 Å². The van der Waals surface area contributed by atoms with Crippen molar-refractivity contribution in [2.24, 2.45) is 5.14 Å². The molecule has 0 radical (unpaired) electrons. The van der Waals surface area contributed by atoms with Crippen LogP contribution in [0.5, 0.6) is 0 Å². The van der Waals surface area contributed by atoms with Gasteiger partial charge in [-0.1, -0.05) is 18.2 Å². The first kappa shape index (κ1) is 19.5. The molecule has 1 spiro atoms. The zero-order valence-corrected chi connectivity index (χ0v) is 16.3. The van der Waals surface area contributed by atoms with Crippen molar-refractivity contribution in [3.63, 3.8) is 0 Å². The van der Waals surface area contributed by atoms with Crippen LogP contribution in [0.25, 0.3) is 11.1 Å². The van der Waals surface area contributed by atoms with Crippen LogP contribution < -0.4 is 15.8 Å². The van der Waals surface area contributed by atoms with Crippen LogP contribution in [0.2, 0.25) is 0 Å². The molecule has 1 aliphatic carbocycles. The summed E-state index contributed by atoms with van der Waals surface area (Å²) in [7, 11) is -3.89. The minimum atomic E-state index is -3.89. The summed E-state index contributed by atoms with van der Waals surface area (Å²) in [5, 5.41) is 10.3. The van der Waals surface area contributed by atoms with E-state index in [4.69, 9.17) is 5.14 Å². The Hall–Kier alpha value is -2.78. The highest BCUT2D eigenvalue weighted by Crippen LogP contribution is 2.43. The standard InChI is InChI=1S/C20H20FN3O4S/c21-14-3-1-12(2-4-14)16-6-5-15(29(22,27)28)11-17(16)13-7-9-20(10-8-13)18(25)23-19(26)24-20/h1-6,11,13H,7-10H2,(H2,22,27,28)(H2,23,24,25,26). The van der Waals surface area contributed by atoms with E-state index in [1.54, 1.807) is 24.3 Å². The second-order valence-electron chi connectivity index (χ2n) is 7.57. The lowest BCUT2D eigenvalue weighted by Crippen LogP contribution is -2.49. The van der Waals surface area contributed by atoms with Gasteiger partial charge in [0.05, 0.1) is 4.90 Å². The van der Waals surface area contributed by atoms with E-state index >= 15 is 0 Å². The summed E-state index contributed by atoms with van der Waals surface area (Å²) >= 11 is 0. The molecule has 2 aromatic rings. The smallest absolute Gasteiger partial charge is 0.322 e. The van der Waals surface area contributed by atoms with Gasteiger partial charge in [-0.2, -0.15) is 0 Å². The van der Waals surface area contributed by atoms with Gasteiger partial charge in [-0.15, -0.1) is 0 Å². The molecule has 0 bridgehead atoms. The summed E-state index contributed by atoms with van der Waals surface area (Å²) in [5.74, 6) is -0.718. The Labute approximate surface area is 167 Å². The van der Waals surface area contributed by atoms with E-state index in [2.05, 4.69) is 10.6 Å². The number of urea groups is 1. The van der Waals surface area contributed by atoms with Crippen molar-refractivity contribution in [1.82, 2.24) is 10.6 Å². The predicted molar refractivity (Wildman–Crippen MR) is 104 cm³/mol. The molecule has 0 unspecified atom stereocenters. The fourth-order valence-corrected chi connectivity index (χ4v) is 4.80. The van der Waals surface area contributed by atoms with Crippen LogP contribution in [-0.4, -0.2) is 25.9 Å². The molecule has 0 aromatic heterocycles. The Morgan fingerprint density at radius 2 is 1.69 bits per heavy atom. The first-order valence-electron chi connectivity index (χ1n) is 9.24. The van der Waals surface area contributed by atoms with Gasteiger partial charge in [0.2, 0.25) is 10.0 Å². The van der Waals surface area contributed by atoms with Crippen molar-refractivity contribution in [3.05, 3.63) is 53.8 Å². The summed E-state index contributed by atoms with van der Waals surface area (Å²) in [5.41, 5.74) is 1.43. The highest BCUT2D eigenvalue weighted by Gasteiger charge is 2.48. The molecule has 2 fully saturated rings. The Bertz CT molecular complexity index is 1090. The third-order valence-corrected chi connectivity index (χ3v) is 6.71. The summed E-state index contributed by atoms with van der Waals surface area (Å²) in [6.07, 6.45) is 2.04. The first-order valence-corrected chi connectivity index (χ1v) is 10.8. The number of hydrogen-bond acceptors (Lipinski definition) is 4. The Kier molecular flexibility index (Phi) is 4.66. The summed E-state index contributed by atoms with van der Waals surface area (Å²) in [6, 6.07) is 10.2. The average molecular weight is 417 g/mol. The molecule has 0 atom stereocenters. The van der Waals surface area contributed by atoms with Gasteiger partial charge in [0.15, 0.2) is 0 Å². The number of amides is 3. The number of imide groups is 1. The van der Waals surface area contributed by atoms with Crippen molar-refractivity contribution in [2.45, 2.75) is 42.0 Å². The molecule has 2 aliphatic rings. The van der Waals surface area contributed by atoms with Crippen LogP contribution in [0.3, 0.4) is 0 Å². The van der Waals surface area contributed by atoms with E-state index in [0.717, 1.165) is 16.7 Å². The molecule has 3 amide bonds. The zero-order valence-electron chi connectivity index (χ0n) is 15.4. The molecule has 9 heteroatoms. The van der Waals surface area contributed by atoms with E-state index in [1.165, 1.54) is 18.2 Å². The van der Waals surface area contributed by atoms with E-state index in [-0.39, 0.29) is 22.5 Å². The fourth-order valence-electron chi connectivity index (χ4n) is 4.25. The number of halogens is 1. The number of hydrogen-bond donors (Lipinski definition) is 3. The largest absolute Gasteiger partial charge is 0.323 e. The van der Waals surface area contributed by atoms with Crippen molar-refractivity contribution < 1.29 is 22.4 Å². The van der Waals surface area contributed by atoms with Gasteiger partial charge in [0, 0.05) is 0 Å². The number of nitrogens with two attached hydrogens (primary N) is 1. The lowest BCUT2D eigenvalue weighted by molar-refractivity contribution is -0.125. The maximum atomic E-state index is 13.3. The fraction of sp³-hybridized carbons (Fsp3) is 0.300. The number of benzene rings is 2. The number of nitrogens with one attached hydrogen (secondary N) is 2. The van der Waals surface area contributed by atoms with Gasteiger partial charge in [-0.25, -0.2) is 22.7 Å². The van der Waals surface area contributed by atoms with Crippen LogP contribution >= 0.6 is 0 Å². The summed E-state index contributed by atoms with van der Waals surface area (Å²) < 4.78 is 37.1. The quantitative estimate of drug-likeness (QED) is 0.665. The van der Waals surface area contributed by atoms with Crippen molar-refractivity contribution in [2.75, 3.05) is 0 Å². The molecule has 152 valence electrons. The van der Waals surface area contributed by atoms with Gasteiger partial charge in [0.25, 0.3) is 5.91 Å². The highest BCUT2D eigenvalue weighted by atomic mass is 32.2. The topological polar surface area (TPSA) is 118 Å². The third kappa shape index (κ3) is 3.63.